The fourth-order valence-corrected chi connectivity index (χ4v) is 5.46. The third-order valence-electron chi connectivity index (χ3n) is 7.90. The van der Waals surface area contributed by atoms with Crippen molar-refractivity contribution in [2.75, 3.05) is 38.6 Å². The molecule has 1 aliphatic rings. The second-order valence-corrected chi connectivity index (χ2v) is 11.3. The number of nitrogens with one attached hydrogen (secondary N) is 1. The number of methoxy groups -OCH3 is 1. The Balaban J connectivity index is 1.33. The van der Waals surface area contributed by atoms with Crippen molar-refractivity contribution in [1.82, 2.24) is 9.80 Å². The normalized spacial score (nSPS) is 14.0. The molecule has 0 aliphatic carbocycles. The number of hydrogen-bond donors (Lipinski definition) is 1. The number of amides is 3. The molecule has 0 unspecified atom stereocenters. The van der Waals surface area contributed by atoms with Crippen LogP contribution in [0.1, 0.15) is 55.7 Å². The largest absolute Gasteiger partial charge is 0.496 e. The van der Waals surface area contributed by atoms with Crippen LogP contribution in [0.25, 0.3) is 0 Å². The molecular weight excluding hydrogens is 526 g/mol. The molecule has 4 rings (SSSR count). The van der Waals surface area contributed by atoms with E-state index in [0.29, 0.717) is 12.5 Å². The summed E-state index contributed by atoms with van der Waals surface area (Å²) in [6.07, 6.45) is 3.10. The number of rotatable bonds is 12. The van der Waals surface area contributed by atoms with Crippen LogP contribution in [0.4, 0.5) is 5.69 Å². The lowest BCUT2D eigenvalue weighted by atomic mass is 9.88. The van der Waals surface area contributed by atoms with Crippen molar-refractivity contribution in [1.29, 1.82) is 0 Å². The summed E-state index contributed by atoms with van der Waals surface area (Å²) in [4.78, 5) is 42.6. The van der Waals surface area contributed by atoms with E-state index in [4.69, 9.17) is 4.74 Å². The monoisotopic (exact) mass is 569 g/mol. The van der Waals surface area contributed by atoms with Crippen LogP contribution in [0, 0.1) is 5.92 Å². The van der Waals surface area contributed by atoms with E-state index in [9.17, 15) is 14.4 Å². The number of hydrogen-bond acceptors (Lipinski definition) is 5. The van der Waals surface area contributed by atoms with Crippen LogP contribution in [0.3, 0.4) is 0 Å². The second kappa shape index (κ2) is 15.3. The predicted molar refractivity (Wildman–Crippen MR) is 167 cm³/mol. The Labute approximate surface area is 249 Å². The van der Waals surface area contributed by atoms with Crippen LogP contribution < -0.4 is 10.1 Å². The standard InChI is InChI=1S/C35H43N3O4/c1-26(2)35(41)36-30-15-16-32(42-3)31(25-30)29-17-21-37(22-18-29)19-10-20-38(33(39)23-27-11-6-4-7-12-27)34(40)24-28-13-8-5-9-14-28/h4-9,11-16,25-26,29H,10,17-24H2,1-3H3,(H,36,41). The van der Waals surface area contributed by atoms with Gasteiger partial charge in [0.25, 0.3) is 0 Å². The highest BCUT2D eigenvalue weighted by molar-refractivity contribution is 5.97. The first-order chi connectivity index (χ1) is 20.3. The van der Waals surface area contributed by atoms with Crippen LogP contribution >= 0.6 is 0 Å². The van der Waals surface area contributed by atoms with Gasteiger partial charge >= 0.3 is 0 Å². The van der Waals surface area contributed by atoms with Gasteiger partial charge in [0.05, 0.1) is 20.0 Å². The molecule has 42 heavy (non-hydrogen) atoms. The Morgan fingerprint density at radius 2 is 1.45 bits per heavy atom. The molecule has 0 atom stereocenters. The van der Waals surface area contributed by atoms with Gasteiger partial charge in [-0.3, -0.25) is 19.3 Å². The number of carbonyl (C=O) groups is 3. The Hall–Kier alpha value is -3.97. The van der Waals surface area contributed by atoms with E-state index < -0.39 is 0 Å². The van der Waals surface area contributed by atoms with Crippen LogP contribution in [0.5, 0.6) is 5.75 Å². The zero-order valence-electron chi connectivity index (χ0n) is 25.1. The summed E-state index contributed by atoms with van der Waals surface area (Å²) in [6, 6.07) is 25.1. The minimum absolute atomic E-state index is 0.000481. The van der Waals surface area contributed by atoms with E-state index in [0.717, 1.165) is 67.0 Å². The van der Waals surface area contributed by atoms with E-state index in [-0.39, 0.29) is 36.5 Å². The van der Waals surface area contributed by atoms with Gasteiger partial charge in [0.1, 0.15) is 5.75 Å². The fraction of sp³-hybridized carbons (Fsp3) is 0.400. The van der Waals surface area contributed by atoms with Crippen LogP contribution in [0.15, 0.2) is 78.9 Å². The topological polar surface area (TPSA) is 79.0 Å². The van der Waals surface area contributed by atoms with E-state index in [1.165, 1.54) is 4.90 Å². The van der Waals surface area contributed by atoms with Crippen LogP contribution in [0.2, 0.25) is 0 Å². The number of carbonyl (C=O) groups excluding carboxylic acids is 3. The average molecular weight is 570 g/mol. The molecule has 1 heterocycles. The molecule has 1 N–H and O–H groups in total. The summed E-state index contributed by atoms with van der Waals surface area (Å²) in [5.74, 6) is 0.787. The lowest BCUT2D eigenvalue weighted by molar-refractivity contribution is -0.144. The van der Waals surface area contributed by atoms with Crippen molar-refractivity contribution in [2.45, 2.75) is 51.9 Å². The molecule has 1 fully saturated rings. The average Bonchev–Trinajstić information content (AvgIpc) is 3.00. The smallest absolute Gasteiger partial charge is 0.233 e. The van der Waals surface area contributed by atoms with Gasteiger partial charge in [0.2, 0.25) is 17.7 Å². The molecule has 1 saturated heterocycles. The van der Waals surface area contributed by atoms with Gasteiger partial charge in [-0.25, -0.2) is 0 Å². The van der Waals surface area contributed by atoms with Gasteiger partial charge < -0.3 is 15.0 Å². The summed E-state index contributed by atoms with van der Waals surface area (Å²) in [5, 5.41) is 3.00. The first-order valence-electron chi connectivity index (χ1n) is 15.0. The molecule has 0 bridgehead atoms. The van der Waals surface area contributed by atoms with E-state index in [2.05, 4.69) is 10.2 Å². The third-order valence-corrected chi connectivity index (χ3v) is 7.90. The summed E-state index contributed by atoms with van der Waals surface area (Å²) >= 11 is 0. The highest BCUT2D eigenvalue weighted by Crippen LogP contribution is 2.36. The molecule has 7 nitrogen and oxygen atoms in total. The first-order valence-corrected chi connectivity index (χ1v) is 15.0. The number of likely N-dealkylation sites (tertiary alicyclic amines) is 1. The third kappa shape index (κ3) is 8.76. The molecule has 0 saturated carbocycles. The number of piperidine rings is 1. The highest BCUT2D eigenvalue weighted by atomic mass is 16.5. The summed E-state index contributed by atoms with van der Waals surface area (Å²) < 4.78 is 5.66. The maximum atomic E-state index is 13.3. The van der Waals surface area contributed by atoms with Gasteiger partial charge in [-0.05, 0) is 79.7 Å². The Morgan fingerprint density at radius 1 is 0.881 bits per heavy atom. The van der Waals surface area contributed by atoms with Gasteiger partial charge in [-0.15, -0.1) is 0 Å². The van der Waals surface area contributed by atoms with Gasteiger partial charge in [-0.1, -0.05) is 74.5 Å². The maximum absolute atomic E-state index is 13.3. The number of ether oxygens (including phenoxy) is 1. The Bertz CT molecular complexity index is 1270. The quantitative estimate of drug-likeness (QED) is 0.303. The number of nitrogens with zero attached hydrogens (tertiary/aromatic N) is 2. The molecule has 1 aliphatic heterocycles. The minimum atomic E-state index is -0.155. The van der Waals surface area contributed by atoms with Gasteiger partial charge in [0.15, 0.2) is 0 Å². The maximum Gasteiger partial charge on any atom is 0.233 e. The van der Waals surface area contributed by atoms with Crippen molar-refractivity contribution < 1.29 is 19.1 Å². The number of imide groups is 1. The van der Waals surface area contributed by atoms with Crippen LogP contribution in [-0.2, 0) is 27.2 Å². The van der Waals surface area contributed by atoms with Crippen molar-refractivity contribution in [3.8, 4) is 5.75 Å². The summed E-state index contributed by atoms with van der Waals surface area (Å²) in [6.45, 7) is 6.84. The van der Waals surface area contributed by atoms with E-state index >= 15 is 0 Å². The lowest BCUT2D eigenvalue weighted by Crippen LogP contribution is -2.41. The molecule has 0 spiro atoms. The summed E-state index contributed by atoms with van der Waals surface area (Å²) in [5.41, 5.74) is 3.74. The molecule has 0 radical (unpaired) electrons. The molecule has 3 aromatic rings. The Kier molecular flexibility index (Phi) is 11.3. The predicted octanol–water partition coefficient (Wildman–Crippen LogP) is 5.70. The summed E-state index contributed by atoms with van der Waals surface area (Å²) in [7, 11) is 1.68. The zero-order valence-corrected chi connectivity index (χ0v) is 25.1. The van der Waals surface area contributed by atoms with Crippen molar-refractivity contribution in [3.63, 3.8) is 0 Å². The molecular formula is C35H43N3O4. The zero-order chi connectivity index (χ0) is 29.9. The molecule has 222 valence electrons. The SMILES string of the molecule is COc1ccc(NC(=O)C(C)C)cc1C1CCN(CCCN(C(=O)Cc2ccccc2)C(=O)Cc2ccccc2)CC1. The van der Waals surface area contributed by atoms with Crippen molar-refractivity contribution >= 4 is 23.4 Å². The van der Waals surface area contributed by atoms with E-state index in [1.807, 2.05) is 92.7 Å². The molecule has 3 amide bonds. The number of benzene rings is 3. The minimum Gasteiger partial charge on any atom is -0.496 e. The number of anilines is 1. The fourth-order valence-electron chi connectivity index (χ4n) is 5.46. The molecule has 3 aromatic carbocycles. The van der Waals surface area contributed by atoms with Gasteiger partial charge in [-0.2, -0.15) is 0 Å². The molecule has 7 heteroatoms. The first kappa shape index (κ1) is 31.0. The highest BCUT2D eigenvalue weighted by Gasteiger charge is 2.25. The Morgan fingerprint density at radius 3 is 1.98 bits per heavy atom. The van der Waals surface area contributed by atoms with Crippen molar-refractivity contribution in [2.24, 2.45) is 5.92 Å². The van der Waals surface area contributed by atoms with Gasteiger partial charge in [0, 0.05) is 18.2 Å². The molecule has 0 aromatic heterocycles. The van der Waals surface area contributed by atoms with Crippen molar-refractivity contribution in [3.05, 3.63) is 95.6 Å². The van der Waals surface area contributed by atoms with E-state index in [1.54, 1.807) is 7.11 Å². The second-order valence-electron chi connectivity index (χ2n) is 11.3. The lowest BCUT2D eigenvalue weighted by Gasteiger charge is -2.33. The van der Waals surface area contributed by atoms with Crippen LogP contribution in [-0.4, -0.2) is 60.8 Å².